The molecule has 9 nitrogen and oxygen atoms in total. The molecule has 2 aliphatic rings. The molecule has 2 aliphatic heterocycles. The zero-order chi connectivity index (χ0) is 25.1. The highest BCUT2D eigenvalue weighted by atomic mass is 16.6. The van der Waals surface area contributed by atoms with Crippen LogP contribution in [0.25, 0.3) is 0 Å². The Bertz CT molecular complexity index is 637. The van der Waals surface area contributed by atoms with E-state index >= 15 is 0 Å². The smallest absolute Gasteiger partial charge is 0.410 e. The van der Waals surface area contributed by atoms with Crippen molar-refractivity contribution in [2.45, 2.75) is 110 Å². The highest BCUT2D eigenvalue weighted by molar-refractivity contribution is 5.84. The third-order valence-electron chi connectivity index (χ3n) is 4.89. The summed E-state index contributed by atoms with van der Waals surface area (Å²) in [6.45, 7) is 18.1. The molecule has 0 radical (unpaired) electrons. The topological polar surface area (TPSA) is 126 Å². The summed E-state index contributed by atoms with van der Waals surface area (Å²) in [6.07, 6.45) is 5.26. The second-order valence-corrected chi connectivity index (χ2v) is 10.1. The Morgan fingerprint density at radius 1 is 0.812 bits per heavy atom. The van der Waals surface area contributed by atoms with Crippen molar-refractivity contribution in [3.63, 3.8) is 0 Å². The van der Waals surface area contributed by atoms with Crippen LogP contribution >= 0.6 is 0 Å². The highest BCUT2D eigenvalue weighted by Crippen LogP contribution is 2.21. The van der Waals surface area contributed by atoms with Gasteiger partial charge >= 0.3 is 12.2 Å². The molecular formula is C23H42N4O5. The summed E-state index contributed by atoms with van der Waals surface area (Å²) in [4.78, 5) is 38.0. The van der Waals surface area contributed by atoms with Crippen molar-refractivity contribution in [2.24, 2.45) is 5.73 Å². The lowest BCUT2D eigenvalue weighted by Crippen LogP contribution is -2.51. The first-order chi connectivity index (χ1) is 14.7. The zero-order valence-electron chi connectivity index (χ0n) is 20.8. The van der Waals surface area contributed by atoms with Gasteiger partial charge in [-0.1, -0.05) is 0 Å². The summed E-state index contributed by atoms with van der Waals surface area (Å²) in [5.74, 6) is -0.453. The van der Waals surface area contributed by atoms with Gasteiger partial charge in [0, 0.05) is 25.7 Å². The number of ether oxygens (including phenoxy) is 2. The van der Waals surface area contributed by atoms with Crippen molar-refractivity contribution in [3.05, 3.63) is 0 Å². The van der Waals surface area contributed by atoms with Gasteiger partial charge in [0.15, 0.2) is 0 Å². The molecule has 2 saturated heterocycles. The van der Waals surface area contributed by atoms with Crippen LogP contribution in [0.4, 0.5) is 9.59 Å². The monoisotopic (exact) mass is 454 g/mol. The van der Waals surface area contributed by atoms with Gasteiger partial charge in [-0.25, -0.2) is 14.9 Å². The zero-order valence-corrected chi connectivity index (χ0v) is 20.8. The van der Waals surface area contributed by atoms with E-state index in [1.165, 1.54) is 11.3 Å². The molecule has 2 heterocycles. The first-order valence-electron chi connectivity index (χ1n) is 11.3. The van der Waals surface area contributed by atoms with Crippen molar-refractivity contribution < 1.29 is 23.9 Å². The Hall–Kier alpha value is -2.50. The van der Waals surface area contributed by atoms with Gasteiger partial charge < -0.3 is 20.1 Å². The number of likely N-dealkylation sites (tertiary alicyclic amines) is 2. The van der Waals surface area contributed by atoms with Crippen molar-refractivity contribution in [2.75, 3.05) is 13.1 Å². The fraction of sp³-hybridized carbons (Fsp3) is 0.826. The van der Waals surface area contributed by atoms with Crippen molar-refractivity contribution in [1.82, 2.24) is 9.80 Å². The van der Waals surface area contributed by atoms with Crippen LogP contribution in [0.1, 0.15) is 87.0 Å². The molecule has 184 valence electrons. The third kappa shape index (κ3) is 11.2. The van der Waals surface area contributed by atoms with Gasteiger partial charge in [0.25, 0.3) is 0 Å². The third-order valence-corrected chi connectivity index (χ3v) is 4.89. The fourth-order valence-corrected chi connectivity index (χ4v) is 3.46. The number of carbonyl (C=O) groups is 3. The van der Waals surface area contributed by atoms with Crippen LogP contribution in [-0.2, 0) is 14.3 Å². The SMILES string of the molecule is C#N.CC(C)(C)OC(=O)N1CCCC[C@H]1C(N)=O.C[C@@H]1CCCCN1C(=O)OC(C)(C)C. The molecule has 0 unspecified atom stereocenters. The minimum atomic E-state index is -0.545. The Labute approximate surface area is 193 Å². The van der Waals surface area contributed by atoms with Crippen LogP contribution in [0, 0.1) is 11.8 Å². The van der Waals surface area contributed by atoms with Gasteiger partial charge in [-0.2, -0.15) is 0 Å². The molecule has 0 aromatic carbocycles. The number of hydrogen-bond donors (Lipinski definition) is 1. The molecule has 0 spiro atoms. The Morgan fingerprint density at radius 3 is 1.62 bits per heavy atom. The maximum atomic E-state index is 11.8. The molecule has 2 N–H and O–H groups in total. The number of carbonyl (C=O) groups excluding carboxylic acids is 3. The number of amides is 3. The van der Waals surface area contributed by atoms with Gasteiger partial charge in [0.2, 0.25) is 5.91 Å². The maximum Gasteiger partial charge on any atom is 0.410 e. The van der Waals surface area contributed by atoms with Crippen LogP contribution in [-0.4, -0.2) is 64.3 Å². The lowest BCUT2D eigenvalue weighted by molar-refractivity contribution is -0.124. The molecule has 32 heavy (non-hydrogen) atoms. The van der Waals surface area contributed by atoms with Gasteiger partial charge in [-0.15, -0.1) is 0 Å². The second kappa shape index (κ2) is 13.1. The van der Waals surface area contributed by atoms with E-state index in [2.05, 4.69) is 13.5 Å². The van der Waals surface area contributed by atoms with Crippen molar-refractivity contribution >= 4 is 18.1 Å². The molecule has 0 aromatic rings. The van der Waals surface area contributed by atoms with E-state index in [0.717, 1.165) is 32.2 Å². The Balaban J connectivity index is 0.000000561. The molecule has 0 aliphatic carbocycles. The van der Waals surface area contributed by atoms with Gasteiger partial charge in [-0.05, 0) is 87.0 Å². The van der Waals surface area contributed by atoms with Crippen LogP contribution in [0.5, 0.6) is 0 Å². The van der Waals surface area contributed by atoms with E-state index in [1.54, 1.807) is 20.8 Å². The van der Waals surface area contributed by atoms with Crippen molar-refractivity contribution in [3.8, 4) is 6.57 Å². The highest BCUT2D eigenvalue weighted by Gasteiger charge is 2.33. The molecule has 0 saturated carbocycles. The van der Waals surface area contributed by atoms with Crippen LogP contribution in [0.15, 0.2) is 0 Å². The normalized spacial score (nSPS) is 21.2. The van der Waals surface area contributed by atoms with E-state index < -0.39 is 23.6 Å². The molecule has 2 atom stereocenters. The van der Waals surface area contributed by atoms with Crippen LogP contribution < -0.4 is 5.73 Å². The minimum Gasteiger partial charge on any atom is -0.444 e. The number of rotatable bonds is 1. The number of hydrogen-bond acceptors (Lipinski definition) is 6. The quantitative estimate of drug-likeness (QED) is 0.633. The lowest BCUT2D eigenvalue weighted by atomic mass is 10.0. The van der Waals surface area contributed by atoms with E-state index in [1.807, 2.05) is 25.7 Å². The molecule has 0 aromatic heterocycles. The Kier molecular flexibility index (Phi) is 12.1. The molecule has 3 amide bonds. The average molecular weight is 455 g/mol. The number of nitriles is 1. The summed E-state index contributed by atoms with van der Waals surface area (Å²) in [6, 6.07) is -0.179. The fourth-order valence-electron chi connectivity index (χ4n) is 3.46. The minimum absolute atomic E-state index is 0.162. The maximum absolute atomic E-state index is 11.8. The predicted molar refractivity (Wildman–Crippen MR) is 123 cm³/mol. The molecule has 2 rings (SSSR count). The van der Waals surface area contributed by atoms with Gasteiger partial charge in [-0.3, -0.25) is 9.69 Å². The lowest BCUT2D eigenvalue weighted by Gasteiger charge is -2.34. The van der Waals surface area contributed by atoms with E-state index in [9.17, 15) is 14.4 Å². The number of nitrogens with two attached hydrogens (primary N) is 1. The van der Waals surface area contributed by atoms with Crippen LogP contribution in [0.2, 0.25) is 0 Å². The number of primary amides is 1. The van der Waals surface area contributed by atoms with Crippen molar-refractivity contribution in [1.29, 1.82) is 5.26 Å². The predicted octanol–water partition coefficient (Wildman–Crippen LogP) is 4.20. The molecule has 2 fully saturated rings. The van der Waals surface area contributed by atoms with Gasteiger partial charge in [0.1, 0.15) is 17.2 Å². The number of piperidine rings is 2. The van der Waals surface area contributed by atoms with E-state index in [-0.39, 0.29) is 11.7 Å². The van der Waals surface area contributed by atoms with Gasteiger partial charge in [0.05, 0.1) is 0 Å². The largest absolute Gasteiger partial charge is 0.444 e. The summed E-state index contributed by atoms with van der Waals surface area (Å²) in [5.41, 5.74) is 4.35. The van der Waals surface area contributed by atoms with E-state index in [4.69, 9.17) is 20.5 Å². The average Bonchev–Trinajstić information content (AvgIpc) is 2.67. The van der Waals surface area contributed by atoms with Crippen LogP contribution in [0.3, 0.4) is 0 Å². The second-order valence-electron chi connectivity index (χ2n) is 10.1. The Morgan fingerprint density at radius 2 is 1.22 bits per heavy atom. The summed E-state index contributed by atoms with van der Waals surface area (Å²) < 4.78 is 10.6. The number of nitrogens with zero attached hydrogens (tertiary/aromatic N) is 3. The summed E-state index contributed by atoms with van der Waals surface area (Å²) in [7, 11) is 0. The summed E-state index contributed by atoms with van der Waals surface area (Å²) >= 11 is 0. The summed E-state index contributed by atoms with van der Waals surface area (Å²) in [5, 5.41) is 6.50. The standard InChI is InChI=1S/C11H20N2O3.C11H21NO2.CHN/c1-11(2,3)16-10(15)13-7-5-4-6-8(13)9(12)14;1-9-7-5-6-8-12(9)10(13)14-11(2,3)4;1-2/h8H,4-7H2,1-3H3,(H2,12,14);9H,5-8H2,1-4H3;1H/t8-;9-;/m01./s1. The first kappa shape index (κ1) is 29.5. The molecule has 0 bridgehead atoms. The molecular weight excluding hydrogens is 412 g/mol. The first-order valence-corrected chi connectivity index (χ1v) is 11.3. The van der Waals surface area contributed by atoms with E-state index in [0.29, 0.717) is 19.0 Å². The molecule has 9 heteroatoms.